The third-order valence-electron chi connectivity index (χ3n) is 3.36. The van der Waals surface area contributed by atoms with Crippen LogP contribution in [-0.2, 0) is 0 Å². The molecule has 1 aliphatic rings. The number of phenols is 1. The zero-order chi connectivity index (χ0) is 13.3. The Labute approximate surface area is 106 Å². The smallest absolute Gasteiger partial charge is 0.200 e. The molecule has 1 aromatic carbocycles. The SMILES string of the molecule is COc1cc([C@@H](N)[C@@H](O)C2CC2)cc(OC)c1O. The molecule has 2 atom stereocenters. The third-order valence-corrected chi connectivity index (χ3v) is 3.36. The van der Waals surface area contributed by atoms with Gasteiger partial charge in [0.05, 0.1) is 26.4 Å². The van der Waals surface area contributed by atoms with Gasteiger partial charge in [-0.15, -0.1) is 0 Å². The fraction of sp³-hybridized carbons (Fsp3) is 0.538. The summed E-state index contributed by atoms with van der Waals surface area (Å²) in [6.45, 7) is 0. The van der Waals surface area contributed by atoms with Crippen LogP contribution in [0.5, 0.6) is 17.2 Å². The second-order valence-corrected chi connectivity index (χ2v) is 4.63. The van der Waals surface area contributed by atoms with Gasteiger partial charge in [-0.3, -0.25) is 0 Å². The van der Waals surface area contributed by atoms with Crippen LogP contribution in [0.25, 0.3) is 0 Å². The molecule has 0 unspecified atom stereocenters. The van der Waals surface area contributed by atoms with E-state index in [2.05, 4.69) is 0 Å². The van der Waals surface area contributed by atoms with Gasteiger partial charge in [0.25, 0.3) is 0 Å². The molecule has 0 amide bonds. The maximum atomic E-state index is 10.0. The van der Waals surface area contributed by atoms with Crippen molar-refractivity contribution in [1.82, 2.24) is 0 Å². The van der Waals surface area contributed by atoms with Crippen molar-refractivity contribution in [3.63, 3.8) is 0 Å². The highest BCUT2D eigenvalue weighted by Crippen LogP contribution is 2.42. The first kappa shape index (κ1) is 13.0. The lowest BCUT2D eigenvalue weighted by Crippen LogP contribution is -2.27. The van der Waals surface area contributed by atoms with Crippen LogP contribution in [0.4, 0.5) is 0 Å². The molecule has 1 saturated carbocycles. The van der Waals surface area contributed by atoms with Crippen LogP contribution in [0.1, 0.15) is 24.4 Å². The molecule has 0 radical (unpaired) electrons. The second-order valence-electron chi connectivity index (χ2n) is 4.63. The van der Waals surface area contributed by atoms with Crippen molar-refractivity contribution in [3.05, 3.63) is 17.7 Å². The molecule has 2 rings (SSSR count). The topological polar surface area (TPSA) is 84.9 Å². The molecule has 1 aliphatic carbocycles. The summed E-state index contributed by atoms with van der Waals surface area (Å²) in [5.41, 5.74) is 6.73. The minimum atomic E-state index is -0.566. The van der Waals surface area contributed by atoms with Gasteiger partial charge in [0.1, 0.15) is 0 Å². The van der Waals surface area contributed by atoms with Crippen molar-refractivity contribution in [2.75, 3.05) is 14.2 Å². The van der Waals surface area contributed by atoms with Gasteiger partial charge in [0.15, 0.2) is 11.5 Å². The number of hydrogen-bond acceptors (Lipinski definition) is 5. The third kappa shape index (κ3) is 2.37. The lowest BCUT2D eigenvalue weighted by atomic mass is 9.98. The molecule has 100 valence electrons. The van der Waals surface area contributed by atoms with E-state index in [-0.39, 0.29) is 11.7 Å². The molecule has 0 bridgehead atoms. The summed E-state index contributed by atoms with van der Waals surface area (Å²) in [4.78, 5) is 0. The first-order valence-electron chi connectivity index (χ1n) is 5.97. The van der Waals surface area contributed by atoms with Crippen molar-refractivity contribution in [1.29, 1.82) is 0 Å². The fourth-order valence-corrected chi connectivity index (χ4v) is 2.03. The minimum absolute atomic E-state index is 0.0585. The predicted molar refractivity (Wildman–Crippen MR) is 66.9 cm³/mol. The number of aliphatic hydroxyl groups is 1. The first-order chi connectivity index (χ1) is 8.58. The Morgan fingerprint density at radius 2 is 1.72 bits per heavy atom. The Hall–Kier alpha value is -1.46. The summed E-state index contributed by atoms with van der Waals surface area (Å²) in [6.07, 6.45) is 1.46. The summed E-state index contributed by atoms with van der Waals surface area (Å²) >= 11 is 0. The summed E-state index contributed by atoms with van der Waals surface area (Å²) < 4.78 is 10.1. The van der Waals surface area contributed by atoms with Crippen LogP contribution < -0.4 is 15.2 Å². The normalized spacial score (nSPS) is 18.2. The number of rotatable bonds is 5. The Morgan fingerprint density at radius 3 is 2.11 bits per heavy atom. The first-order valence-corrected chi connectivity index (χ1v) is 5.97. The molecule has 0 aliphatic heterocycles. The van der Waals surface area contributed by atoms with E-state index in [1.165, 1.54) is 14.2 Å². The number of hydrogen-bond donors (Lipinski definition) is 3. The van der Waals surface area contributed by atoms with Crippen LogP contribution in [0.15, 0.2) is 12.1 Å². The van der Waals surface area contributed by atoms with Crippen molar-refractivity contribution in [3.8, 4) is 17.2 Å². The molecule has 1 aromatic rings. The van der Waals surface area contributed by atoms with Gasteiger partial charge in [0, 0.05) is 0 Å². The van der Waals surface area contributed by atoms with E-state index in [1.807, 2.05) is 0 Å². The lowest BCUT2D eigenvalue weighted by Gasteiger charge is -2.20. The largest absolute Gasteiger partial charge is 0.502 e. The Morgan fingerprint density at radius 1 is 1.22 bits per heavy atom. The molecule has 0 saturated heterocycles. The zero-order valence-electron chi connectivity index (χ0n) is 10.6. The Balaban J connectivity index is 2.31. The molecule has 5 heteroatoms. The van der Waals surface area contributed by atoms with Crippen LogP contribution in [0.2, 0.25) is 0 Å². The van der Waals surface area contributed by atoms with Crippen LogP contribution in [0.3, 0.4) is 0 Å². The lowest BCUT2D eigenvalue weighted by molar-refractivity contribution is 0.122. The highest BCUT2D eigenvalue weighted by atomic mass is 16.5. The Kier molecular flexibility index (Phi) is 3.63. The second kappa shape index (κ2) is 5.04. The van der Waals surface area contributed by atoms with Crippen LogP contribution in [-0.4, -0.2) is 30.5 Å². The van der Waals surface area contributed by atoms with E-state index in [0.29, 0.717) is 17.1 Å². The summed E-state index contributed by atoms with van der Waals surface area (Å²) in [5, 5.41) is 19.8. The maximum Gasteiger partial charge on any atom is 0.200 e. The van der Waals surface area contributed by atoms with Crippen molar-refractivity contribution in [2.24, 2.45) is 11.7 Å². The van der Waals surface area contributed by atoms with Gasteiger partial charge in [-0.1, -0.05) is 0 Å². The predicted octanol–water partition coefficient (Wildman–Crippen LogP) is 1.18. The summed E-state index contributed by atoms with van der Waals surface area (Å²) in [6, 6.07) is 2.77. The van der Waals surface area contributed by atoms with Gasteiger partial charge in [-0.25, -0.2) is 0 Å². The number of methoxy groups -OCH3 is 2. The van der Waals surface area contributed by atoms with Crippen LogP contribution >= 0.6 is 0 Å². The van der Waals surface area contributed by atoms with E-state index in [9.17, 15) is 10.2 Å². The van der Waals surface area contributed by atoms with E-state index < -0.39 is 12.1 Å². The van der Waals surface area contributed by atoms with Crippen molar-refractivity contribution < 1.29 is 19.7 Å². The van der Waals surface area contributed by atoms with E-state index in [0.717, 1.165) is 12.8 Å². The molecular weight excluding hydrogens is 234 g/mol. The summed E-state index contributed by atoms with van der Waals surface area (Å²) in [7, 11) is 2.92. The molecule has 4 N–H and O–H groups in total. The molecule has 0 aromatic heterocycles. The molecule has 5 nitrogen and oxygen atoms in total. The highest BCUT2D eigenvalue weighted by Gasteiger charge is 2.34. The monoisotopic (exact) mass is 253 g/mol. The van der Waals surface area contributed by atoms with E-state index >= 15 is 0 Å². The Bertz CT molecular complexity index is 406. The number of aromatic hydroxyl groups is 1. The van der Waals surface area contributed by atoms with Gasteiger partial charge >= 0.3 is 0 Å². The van der Waals surface area contributed by atoms with Gasteiger partial charge in [-0.05, 0) is 36.5 Å². The number of benzene rings is 1. The van der Waals surface area contributed by atoms with Crippen molar-refractivity contribution in [2.45, 2.75) is 25.0 Å². The van der Waals surface area contributed by atoms with Gasteiger partial charge in [0.2, 0.25) is 5.75 Å². The molecule has 0 heterocycles. The number of phenolic OH excluding ortho intramolecular Hbond substituents is 1. The highest BCUT2D eigenvalue weighted by molar-refractivity contribution is 5.53. The van der Waals surface area contributed by atoms with E-state index in [1.54, 1.807) is 12.1 Å². The summed E-state index contributed by atoms with van der Waals surface area (Å²) in [5.74, 6) is 0.813. The number of ether oxygens (including phenoxy) is 2. The molecule has 0 spiro atoms. The molecular formula is C13H19NO4. The average Bonchev–Trinajstić information content (AvgIpc) is 3.21. The maximum absolute atomic E-state index is 10.0. The molecule has 18 heavy (non-hydrogen) atoms. The zero-order valence-corrected chi connectivity index (χ0v) is 10.6. The molecule has 1 fully saturated rings. The van der Waals surface area contributed by atoms with Gasteiger partial charge < -0.3 is 25.4 Å². The van der Waals surface area contributed by atoms with Crippen molar-refractivity contribution >= 4 is 0 Å². The fourth-order valence-electron chi connectivity index (χ4n) is 2.03. The number of aliphatic hydroxyl groups excluding tert-OH is 1. The standard InChI is InChI=1S/C13H19NO4/c1-17-9-5-8(6-10(18-2)13(9)16)11(14)12(15)7-3-4-7/h5-7,11-12,15-16H,3-4,14H2,1-2H3/t11-,12+/m1/s1. The quantitative estimate of drug-likeness (QED) is 0.733. The minimum Gasteiger partial charge on any atom is -0.502 e. The number of nitrogens with two attached hydrogens (primary N) is 1. The average molecular weight is 253 g/mol. The van der Waals surface area contributed by atoms with Gasteiger partial charge in [-0.2, -0.15) is 0 Å². The van der Waals surface area contributed by atoms with E-state index in [4.69, 9.17) is 15.2 Å². The van der Waals surface area contributed by atoms with Crippen LogP contribution in [0, 0.1) is 5.92 Å².